The van der Waals surface area contributed by atoms with Gasteiger partial charge in [0.15, 0.2) is 5.58 Å². The fourth-order valence-electron chi connectivity index (χ4n) is 2.14. The van der Waals surface area contributed by atoms with Gasteiger partial charge in [-0.3, -0.25) is 9.71 Å². The van der Waals surface area contributed by atoms with Gasteiger partial charge in [0, 0.05) is 16.2 Å². The van der Waals surface area contributed by atoms with Crippen molar-refractivity contribution >= 4 is 42.7 Å². The predicted molar refractivity (Wildman–Crippen MR) is 86.5 cm³/mol. The molecule has 8 heteroatoms. The molecule has 0 fully saturated rings. The predicted octanol–water partition coefficient (Wildman–Crippen LogP) is 2.99. The number of hydrogen-bond donors (Lipinski definition) is 2. The van der Waals surface area contributed by atoms with Crippen molar-refractivity contribution in [3.05, 3.63) is 57.0 Å². The van der Waals surface area contributed by atoms with E-state index in [1.165, 1.54) is 6.07 Å². The molecule has 1 heterocycles. The fraction of sp³-hybridized carbons (Fsp3) is 0.0714. The molecule has 0 amide bonds. The topological polar surface area (TPSA) is 92.2 Å². The molecule has 1 aromatic heterocycles. The van der Waals surface area contributed by atoms with E-state index in [0.29, 0.717) is 16.8 Å². The number of benzene rings is 2. The number of halogens is 1. The van der Waals surface area contributed by atoms with Gasteiger partial charge in [-0.1, -0.05) is 22.0 Å². The number of oxazole rings is 1. The Morgan fingerprint density at radius 1 is 1.23 bits per heavy atom. The van der Waals surface area contributed by atoms with Crippen molar-refractivity contribution in [3.63, 3.8) is 0 Å². The van der Waals surface area contributed by atoms with Crippen LogP contribution >= 0.6 is 15.9 Å². The molecule has 0 aliphatic carbocycles. The molecule has 0 radical (unpaired) electrons. The highest BCUT2D eigenvalue weighted by Crippen LogP contribution is 2.24. The molecule has 0 aliphatic rings. The van der Waals surface area contributed by atoms with Crippen molar-refractivity contribution < 1.29 is 12.8 Å². The summed E-state index contributed by atoms with van der Waals surface area (Å²) in [5.41, 5.74) is 1.60. The number of aryl methyl sites for hydroxylation is 1. The standard InChI is InChI=1S/C14H11BrN2O4S/c1-8-5-11-12(21-14(18)16-11)7-13(8)22(19,20)17-10-4-2-3-9(15)6-10/h2-7,17H,1H3,(H,16,18). The van der Waals surface area contributed by atoms with Crippen LogP contribution in [0.25, 0.3) is 11.1 Å². The highest BCUT2D eigenvalue weighted by Gasteiger charge is 2.19. The number of aromatic nitrogens is 1. The number of aromatic amines is 1. The maximum absolute atomic E-state index is 12.5. The summed E-state index contributed by atoms with van der Waals surface area (Å²) < 4.78 is 33.2. The lowest BCUT2D eigenvalue weighted by Crippen LogP contribution is -2.14. The summed E-state index contributed by atoms with van der Waals surface area (Å²) in [6.45, 7) is 1.65. The lowest BCUT2D eigenvalue weighted by atomic mass is 10.2. The summed E-state index contributed by atoms with van der Waals surface area (Å²) in [5, 5.41) is 0. The Labute approximate surface area is 134 Å². The van der Waals surface area contributed by atoms with E-state index in [2.05, 4.69) is 25.6 Å². The lowest BCUT2D eigenvalue weighted by molar-refractivity contribution is 0.554. The smallest absolute Gasteiger partial charge is 0.408 e. The molecule has 0 bridgehead atoms. The first-order valence-corrected chi connectivity index (χ1v) is 8.55. The number of sulfonamides is 1. The Morgan fingerprint density at radius 3 is 2.73 bits per heavy atom. The van der Waals surface area contributed by atoms with E-state index in [0.717, 1.165) is 4.47 Å². The van der Waals surface area contributed by atoms with E-state index in [9.17, 15) is 13.2 Å². The van der Waals surface area contributed by atoms with Gasteiger partial charge in [0.25, 0.3) is 10.0 Å². The van der Waals surface area contributed by atoms with Gasteiger partial charge in [-0.25, -0.2) is 13.2 Å². The first-order valence-electron chi connectivity index (χ1n) is 6.27. The maximum Gasteiger partial charge on any atom is 0.417 e. The summed E-state index contributed by atoms with van der Waals surface area (Å²) in [7, 11) is -3.79. The third-order valence-corrected chi connectivity index (χ3v) is 5.10. The first-order chi connectivity index (χ1) is 10.3. The molecule has 2 aromatic carbocycles. The molecule has 3 aromatic rings. The van der Waals surface area contributed by atoms with Crippen molar-refractivity contribution in [2.75, 3.05) is 4.72 Å². The van der Waals surface area contributed by atoms with Crippen LogP contribution in [0.5, 0.6) is 0 Å². The van der Waals surface area contributed by atoms with Crippen molar-refractivity contribution in [3.8, 4) is 0 Å². The second-order valence-corrected chi connectivity index (χ2v) is 7.31. The van der Waals surface area contributed by atoms with E-state index in [4.69, 9.17) is 4.42 Å². The lowest BCUT2D eigenvalue weighted by Gasteiger charge is -2.10. The number of H-pyrrole nitrogens is 1. The number of hydrogen-bond acceptors (Lipinski definition) is 4. The average Bonchev–Trinajstić information content (AvgIpc) is 2.76. The summed E-state index contributed by atoms with van der Waals surface area (Å²) >= 11 is 3.29. The van der Waals surface area contributed by atoms with E-state index in [1.54, 1.807) is 37.3 Å². The Kier molecular flexibility index (Phi) is 3.57. The molecule has 114 valence electrons. The molecule has 3 rings (SSSR count). The van der Waals surface area contributed by atoms with Gasteiger partial charge < -0.3 is 4.42 Å². The minimum atomic E-state index is -3.79. The van der Waals surface area contributed by atoms with Crippen molar-refractivity contribution in [1.29, 1.82) is 0 Å². The quantitative estimate of drug-likeness (QED) is 0.727. The molecular formula is C14H11BrN2O4S. The van der Waals surface area contributed by atoms with Crippen LogP contribution in [0.3, 0.4) is 0 Å². The maximum atomic E-state index is 12.5. The largest absolute Gasteiger partial charge is 0.417 e. The summed E-state index contributed by atoms with van der Waals surface area (Å²) in [6, 6.07) is 9.72. The van der Waals surface area contributed by atoms with Crippen LogP contribution in [-0.4, -0.2) is 13.4 Å². The van der Waals surface area contributed by atoms with E-state index in [-0.39, 0.29) is 10.5 Å². The highest BCUT2D eigenvalue weighted by molar-refractivity contribution is 9.10. The molecule has 0 atom stereocenters. The molecule has 22 heavy (non-hydrogen) atoms. The Bertz CT molecular complexity index is 1020. The molecule has 0 saturated heterocycles. The molecule has 0 spiro atoms. The summed E-state index contributed by atoms with van der Waals surface area (Å²) in [6.07, 6.45) is 0. The Morgan fingerprint density at radius 2 is 2.00 bits per heavy atom. The molecule has 0 aliphatic heterocycles. The summed E-state index contributed by atoms with van der Waals surface area (Å²) in [4.78, 5) is 13.7. The van der Waals surface area contributed by atoms with E-state index < -0.39 is 15.8 Å². The van der Waals surface area contributed by atoms with E-state index >= 15 is 0 Å². The second kappa shape index (κ2) is 5.29. The third kappa shape index (κ3) is 2.79. The zero-order valence-corrected chi connectivity index (χ0v) is 13.8. The molecule has 0 saturated carbocycles. The van der Waals surface area contributed by atoms with E-state index in [1.807, 2.05) is 0 Å². The Balaban J connectivity index is 2.08. The van der Waals surface area contributed by atoms with Crippen LogP contribution in [0.4, 0.5) is 5.69 Å². The Hall–Kier alpha value is -2.06. The molecule has 6 nitrogen and oxygen atoms in total. The van der Waals surface area contributed by atoms with Crippen molar-refractivity contribution in [2.24, 2.45) is 0 Å². The van der Waals surface area contributed by atoms with Gasteiger partial charge in [0.2, 0.25) is 0 Å². The van der Waals surface area contributed by atoms with Crippen LogP contribution in [0.15, 0.2) is 55.0 Å². The van der Waals surface area contributed by atoms with Crippen LogP contribution < -0.4 is 10.5 Å². The van der Waals surface area contributed by atoms with Gasteiger partial charge >= 0.3 is 5.76 Å². The summed E-state index contributed by atoms with van der Waals surface area (Å²) in [5.74, 6) is -0.621. The van der Waals surface area contributed by atoms with Gasteiger partial charge in [0.05, 0.1) is 10.4 Å². The molecule has 2 N–H and O–H groups in total. The number of rotatable bonds is 3. The van der Waals surface area contributed by atoms with Crippen molar-refractivity contribution in [2.45, 2.75) is 11.8 Å². The monoisotopic (exact) mass is 382 g/mol. The van der Waals surface area contributed by atoms with Crippen LogP contribution in [0, 0.1) is 6.92 Å². The SMILES string of the molecule is Cc1cc2[nH]c(=O)oc2cc1S(=O)(=O)Nc1cccc(Br)c1. The molecule has 0 unspecified atom stereocenters. The van der Waals surface area contributed by atoms with Gasteiger partial charge in [0.1, 0.15) is 0 Å². The number of nitrogens with one attached hydrogen (secondary N) is 2. The first kappa shape index (κ1) is 14.9. The highest BCUT2D eigenvalue weighted by atomic mass is 79.9. The van der Waals surface area contributed by atoms with Crippen LogP contribution in [0.2, 0.25) is 0 Å². The minimum absolute atomic E-state index is 0.0581. The van der Waals surface area contributed by atoms with Gasteiger partial charge in [-0.15, -0.1) is 0 Å². The fourth-order valence-corrected chi connectivity index (χ4v) is 3.83. The number of fused-ring (bicyclic) bond motifs is 1. The van der Waals surface area contributed by atoms with Gasteiger partial charge in [-0.05, 0) is 36.8 Å². The zero-order chi connectivity index (χ0) is 15.9. The van der Waals surface area contributed by atoms with Crippen LogP contribution in [-0.2, 0) is 10.0 Å². The number of anilines is 1. The zero-order valence-electron chi connectivity index (χ0n) is 11.4. The third-order valence-electron chi connectivity index (χ3n) is 3.08. The normalized spacial score (nSPS) is 11.7. The van der Waals surface area contributed by atoms with Gasteiger partial charge in [-0.2, -0.15) is 0 Å². The molecular weight excluding hydrogens is 372 g/mol. The average molecular weight is 383 g/mol. The minimum Gasteiger partial charge on any atom is -0.408 e. The second-order valence-electron chi connectivity index (χ2n) is 4.74. The van der Waals surface area contributed by atoms with Crippen LogP contribution in [0.1, 0.15) is 5.56 Å². The van der Waals surface area contributed by atoms with Crippen molar-refractivity contribution in [1.82, 2.24) is 4.98 Å².